The van der Waals surface area contributed by atoms with Crippen LogP contribution in [0.25, 0.3) is 0 Å². The molecule has 11 heteroatoms. The molecular weight excluding hydrogens is 415 g/mol. The highest BCUT2D eigenvalue weighted by molar-refractivity contribution is 6.28. The van der Waals surface area contributed by atoms with Gasteiger partial charge in [0.1, 0.15) is 11.6 Å². The normalized spacial score (nSPS) is 15.7. The van der Waals surface area contributed by atoms with E-state index in [1.165, 1.54) is 12.1 Å². The molecule has 29 heavy (non-hydrogen) atoms. The zero-order valence-corrected chi connectivity index (χ0v) is 15.9. The molecule has 0 spiro atoms. The smallest absolute Gasteiger partial charge is 0.309 e. The number of aliphatic carboxylic acids is 1. The van der Waals surface area contributed by atoms with Crippen LogP contribution in [0.1, 0.15) is 48.1 Å². The van der Waals surface area contributed by atoms with E-state index in [2.05, 4.69) is 15.3 Å². The third-order valence-corrected chi connectivity index (χ3v) is 4.46. The van der Waals surface area contributed by atoms with Crippen molar-refractivity contribution in [2.24, 2.45) is 0 Å². The first kappa shape index (κ1) is 21.3. The van der Waals surface area contributed by atoms with Gasteiger partial charge in [-0.05, 0) is 18.5 Å². The molecule has 3 rings (SSSR count). The molecule has 1 aliphatic heterocycles. The van der Waals surface area contributed by atoms with Crippen molar-refractivity contribution in [1.82, 2.24) is 9.97 Å². The molecule has 0 radical (unpaired) electrons. The van der Waals surface area contributed by atoms with E-state index >= 15 is 0 Å². The van der Waals surface area contributed by atoms with Gasteiger partial charge < -0.3 is 19.9 Å². The lowest BCUT2D eigenvalue weighted by Crippen LogP contribution is -2.18. The van der Waals surface area contributed by atoms with Crippen molar-refractivity contribution in [1.29, 1.82) is 0 Å². The summed E-state index contributed by atoms with van der Waals surface area (Å²) in [6.45, 7) is 2.10. The Hall–Kier alpha value is -2.43. The zero-order chi connectivity index (χ0) is 21.1. The number of nitrogens with zero attached hydrogens (tertiary/aromatic N) is 2. The monoisotopic (exact) mass is 431 g/mol. The van der Waals surface area contributed by atoms with Crippen molar-refractivity contribution >= 4 is 23.4 Å². The second kappa shape index (κ2) is 8.93. The lowest BCUT2D eigenvalue weighted by atomic mass is 10.0. The molecule has 1 atom stereocenters. The molecule has 0 unspecified atom stereocenters. The number of hydrogen-bond acceptors (Lipinski definition) is 6. The summed E-state index contributed by atoms with van der Waals surface area (Å²) in [6, 6.07) is 2.89. The Balaban J connectivity index is 2.01. The Labute approximate surface area is 168 Å². The Morgan fingerprint density at radius 1 is 1.31 bits per heavy atom. The molecule has 7 nitrogen and oxygen atoms in total. The molecule has 0 aliphatic carbocycles. The van der Waals surface area contributed by atoms with Crippen LogP contribution in [0.4, 0.5) is 19.0 Å². The first-order valence-corrected chi connectivity index (χ1v) is 9.00. The van der Waals surface area contributed by atoms with E-state index in [-0.39, 0.29) is 41.1 Å². The molecule has 0 bridgehead atoms. The molecule has 1 aliphatic rings. The van der Waals surface area contributed by atoms with Crippen LogP contribution < -0.4 is 5.32 Å². The number of alkyl halides is 2. The van der Waals surface area contributed by atoms with Gasteiger partial charge in [-0.3, -0.25) is 4.79 Å². The average molecular weight is 432 g/mol. The summed E-state index contributed by atoms with van der Waals surface area (Å²) in [7, 11) is 0. The van der Waals surface area contributed by atoms with Crippen molar-refractivity contribution in [3.63, 3.8) is 0 Å². The molecule has 0 saturated carbocycles. The van der Waals surface area contributed by atoms with Gasteiger partial charge in [0.05, 0.1) is 42.5 Å². The fourth-order valence-corrected chi connectivity index (χ4v) is 3.19. The number of ether oxygens (including phenoxy) is 2. The molecule has 2 heterocycles. The fraction of sp³-hybridized carbons (Fsp3) is 0.389. The van der Waals surface area contributed by atoms with Gasteiger partial charge in [-0.2, -0.15) is 0 Å². The highest BCUT2D eigenvalue weighted by Gasteiger charge is 2.29. The second-order valence-corrected chi connectivity index (χ2v) is 6.60. The number of benzene rings is 1. The minimum absolute atomic E-state index is 0.0171. The Kier molecular flexibility index (Phi) is 6.56. The topological polar surface area (TPSA) is 93.6 Å². The van der Waals surface area contributed by atoms with E-state index < -0.39 is 42.5 Å². The SMILES string of the molecule is C[C@@H](Nc1nc(Cl)nc(CC(=O)O)c1C1OCCO1)c1cccc(C(F)F)c1F. The predicted octanol–water partition coefficient (Wildman–Crippen LogP) is 4.05. The molecule has 156 valence electrons. The maximum atomic E-state index is 14.5. The van der Waals surface area contributed by atoms with Crippen molar-refractivity contribution in [3.05, 3.63) is 51.7 Å². The van der Waals surface area contributed by atoms with Crippen LogP contribution >= 0.6 is 11.6 Å². The first-order valence-electron chi connectivity index (χ1n) is 8.62. The van der Waals surface area contributed by atoms with E-state index in [0.29, 0.717) is 0 Å². The number of nitrogens with one attached hydrogen (secondary N) is 1. The van der Waals surface area contributed by atoms with Gasteiger partial charge in [-0.15, -0.1) is 0 Å². The van der Waals surface area contributed by atoms with Gasteiger partial charge in [0.2, 0.25) is 5.28 Å². The zero-order valence-electron chi connectivity index (χ0n) is 15.2. The van der Waals surface area contributed by atoms with Crippen molar-refractivity contribution in [2.45, 2.75) is 32.1 Å². The summed E-state index contributed by atoms with van der Waals surface area (Å²) >= 11 is 5.93. The molecular formula is C18H17ClF3N3O4. The van der Waals surface area contributed by atoms with E-state index in [9.17, 15) is 18.0 Å². The van der Waals surface area contributed by atoms with Gasteiger partial charge in [-0.1, -0.05) is 18.2 Å². The van der Waals surface area contributed by atoms with Crippen LogP contribution in [-0.2, 0) is 20.7 Å². The number of carboxylic acid groups (broad SMARTS) is 1. The van der Waals surface area contributed by atoms with Crippen molar-refractivity contribution in [3.8, 4) is 0 Å². The van der Waals surface area contributed by atoms with Gasteiger partial charge in [0.15, 0.2) is 6.29 Å². The van der Waals surface area contributed by atoms with Gasteiger partial charge in [0.25, 0.3) is 6.43 Å². The minimum Gasteiger partial charge on any atom is -0.481 e. The maximum Gasteiger partial charge on any atom is 0.309 e. The minimum atomic E-state index is -2.96. The predicted molar refractivity (Wildman–Crippen MR) is 96.4 cm³/mol. The highest BCUT2D eigenvalue weighted by atomic mass is 35.5. The highest BCUT2D eigenvalue weighted by Crippen LogP contribution is 2.35. The lowest BCUT2D eigenvalue weighted by molar-refractivity contribution is -0.136. The first-order chi connectivity index (χ1) is 13.8. The van der Waals surface area contributed by atoms with Crippen LogP contribution in [0.2, 0.25) is 5.28 Å². The number of rotatable bonds is 7. The quantitative estimate of drug-likeness (QED) is 0.639. The number of carboxylic acids is 1. The summed E-state index contributed by atoms with van der Waals surface area (Å²) in [5.74, 6) is -2.13. The second-order valence-electron chi connectivity index (χ2n) is 6.26. The van der Waals surface area contributed by atoms with E-state index in [4.69, 9.17) is 26.2 Å². The number of anilines is 1. The van der Waals surface area contributed by atoms with E-state index in [0.717, 1.165) is 6.07 Å². The molecule has 2 aromatic rings. The molecule has 0 amide bonds. The van der Waals surface area contributed by atoms with Gasteiger partial charge >= 0.3 is 5.97 Å². The fourth-order valence-electron chi connectivity index (χ4n) is 3.00. The van der Waals surface area contributed by atoms with E-state index in [1.807, 2.05) is 0 Å². The van der Waals surface area contributed by atoms with E-state index in [1.54, 1.807) is 6.92 Å². The summed E-state index contributed by atoms with van der Waals surface area (Å²) in [5.41, 5.74) is -0.449. The van der Waals surface area contributed by atoms with Crippen LogP contribution in [0.3, 0.4) is 0 Å². The van der Waals surface area contributed by atoms with Crippen LogP contribution in [0, 0.1) is 5.82 Å². The molecule has 1 aromatic carbocycles. The Morgan fingerprint density at radius 2 is 1.97 bits per heavy atom. The standard InChI is InChI=1S/C18H17ClF3N3O4/c1-8(9-3-2-4-10(14(9)20)15(21)22)23-16-13(17-28-5-6-29-17)11(7-12(26)27)24-18(19)25-16/h2-4,8,15,17H,5-7H2,1H3,(H,26,27)(H,23,24,25)/t8-/m1/s1. The van der Waals surface area contributed by atoms with Crippen molar-refractivity contribution in [2.75, 3.05) is 18.5 Å². The Bertz CT molecular complexity index is 910. The molecule has 1 aromatic heterocycles. The Morgan fingerprint density at radius 3 is 2.59 bits per heavy atom. The van der Waals surface area contributed by atoms with Crippen molar-refractivity contribution < 1.29 is 32.5 Å². The average Bonchev–Trinajstić information content (AvgIpc) is 3.14. The van der Waals surface area contributed by atoms with Crippen LogP contribution in [0.5, 0.6) is 0 Å². The number of carbonyl (C=O) groups is 1. The number of aromatic nitrogens is 2. The summed E-state index contributed by atoms with van der Waals surface area (Å²) in [6.07, 6.45) is -4.37. The third-order valence-electron chi connectivity index (χ3n) is 4.29. The van der Waals surface area contributed by atoms with Gasteiger partial charge in [-0.25, -0.2) is 23.1 Å². The summed E-state index contributed by atoms with van der Waals surface area (Å²) in [5, 5.41) is 11.8. The number of halogens is 4. The maximum absolute atomic E-state index is 14.5. The third kappa shape index (κ3) is 4.77. The molecule has 2 N–H and O–H groups in total. The molecule has 1 saturated heterocycles. The lowest BCUT2D eigenvalue weighted by Gasteiger charge is -2.22. The van der Waals surface area contributed by atoms with Crippen LogP contribution in [-0.4, -0.2) is 34.3 Å². The number of hydrogen-bond donors (Lipinski definition) is 2. The van der Waals surface area contributed by atoms with Gasteiger partial charge in [0, 0.05) is 5.56 Å². The van der Waals surface area contributed by atoms with Crippen LogP contribution in [0.15, 0.2) is 18.2 Å². The summed E-state index contributed by atoms with van der Waals surface area (Å²) in [4.78, 5) is 19.2. The largest absolute Gasteiger partial charge is 0.481 e. The summed E-state index contributed by atoms with van der Waals surface area (Å²) < 4.78 is 51.4. The molecule has 1 fully saturated rings.